The molecule has 56 valence electrons. The second-order valence-electron chi connectivity index (χ2n) is 2.21. The van der Waals surface area contributed by atoms with Crippen LogP contribution in [0, 0.1) is 0 Å². The first-order valence-corrected chi connectivity index (χ1v) is 3.45. The standard InChI is InChI=1S/C6H10ClN2O/c1-8-2-3-9(5-8)4-6(7)10/h2-3,5-6,10H,4H2,1H3/q+1. The molecule has 0 fully saturated rings. The van der Waals surface area contributed by atoms with Crippen molar-refractivity contribution in [1.29, 1.82) is 0 Å². The van der Waals surface area contributed by atoms with E-state index >= 15 is 0 Å². The van der Waals surface area contributed by atoms with Crippen molar-refractivity contribution < 1.29 is 9.67 Å². The van der Waals surface area contributed by atoms with Gasteiger partial charge in [0, 0.05) is 0 Å². The number of nitrogens with zero attached hydrogens (tertiary/aromatic N) is 2. The molecule has 1 heterocycles. The Morgan fingerprint density at radius 3 is 2.90 bits per heavy atom. The van der Waals surface area contributed by atoms with Gasteiger partial charge in [-0.2, -0.15) is 0 Å². The molecular weight excluding hydrogens is 152 g/mol. The van der Waals surface area contributed by atoms with Gasteiger partial charge in [-0.3, -0.25) is 0 Å². The minimum Gasteiger partial charge on any atom is -0.374 e. The summed E-state index contributed by atoms with van der Waals surface area (Å²) in [6, 6.07) is 0. The van der Waals surface area contributed by atoms with E-state index in [9.17, 15) is 0 Å². The van der Waals surface area contributed by atoms with Crippen molar-refractivity contribution in [3.63, 3.8) is 0 Å². The van der Waals surface area contributed by atoms with E-state index in [1.807, 2.05) is 34.9 Å². The fraction of sp³-hybridized carbons (Fsp3) is 0.500. The van der Waals surface area contributed by atoms with Crippen molar-refractivity contribution >= 4 is 11.6 Å². The minimum atomic E-state index is -0.799. The van der Waals surface area contributed by atoms with Gasteiger partial charge in [0.15, 0.2) is 5.56 Å². The number of aliphatic hydroxyl groups excluding tert-OH is 1. The molecule has 0 saturated heterocycles. The van der Waals surface area contributed by atoms with Crippen LogP contribution < -0.4 is 4.57 Å². The highest BCUT2D eigenvalue weighted by Gasteiger charge is 2.04. The van der Waals surface area contributed by atoms with Crippen LogP contribution in [0.5, 0.6) is 0 Å². The lowest BCUT2D eigenvalue weighted by Gasteiger charge is -1.95. The fourth-order valence-corrected chi connectivity index (χ4v) is 0.943. The zero-order valence-corrected chi connectivity index (χ0v) is 6.49. The van der Waals surface area contributed by atoms with E-state index in [0.717, 1.165) is 0 Å². The van der Waals surface area contributed by atoms with Crippen molar-refractivity contribution in [2.45, 2.75) is 12.1 Å². The van der Waals surface area contributed by atoms with E-state index in [4.69, 9.17) is 16.7 Å². The van der Waals surface area contributed by atoms with Gasteiger partial charge in [0.05, 0.1) is 7.05 Å². The number of imidazole rings is 1. The molecule has 1 aromatic rings. The van der Waals surface area contributed by atoms with Crippen LogP contribution in [0.15, 0.2) is 18.7 Å². The van der Waals surface area contributed by atoms with Crippen molar-refractivity contribution in [3.05, 3.63) is 18.7 Å². The summed E-state index contributed by atoms with van der Waals surface area (Å²) < 4.78 is 3.71. The molecule has 0 saturated carbocycles. The Balaban J connectivity index is 2.58. The fourth-order valence-electron chi connectivity index (χ4n) is 0.784. The van der Waals surface area contributed by atoms with Gasteiger partial charge in [-0.1, -0.05) is 11.6 Å². The maximum absolute atomic E-state index is 8.75. The number of aromatic nitrogens is 2. The lowest BCUT2D eigenvalue weighted by molar-refractivity contribution is -0.671. The number of hydrogen-bond donors (Lipinski definition) is 1. The molecule has 0 spiro atoms. The van der Waals surface area contributed by atoms with Gasteiger partial charge in [-0.25, -0.2) is 9.13 Å². The van der Waals surface area contributed by atoms with Gasteiger partial charge < -0.3 is 5.11 Å². The highest BCUT2D eigenvalue weighted by Crippen LogP contribution is 1.93. The summed E-state index contributed by atoms with van der Waals surface area (Å²) >= 11 is 5.35. The Morgan fingerprint density at radius 2 is 2.50 bits per heavy atom. The van der Waals surface area contributed by atoms with Crippen LogP contribution >= 0.6 is 11.6 Å². The Morgan fingerprint density at radius 1 is 1.80 bits per heavy atom. The molecule has 0 aromatic carbocycles. The Labute approximate surface area is 64.5 Å². The molecule has 0 radical (unpaired) electrons. The molecule has 0 aliphatic rings. The number of halogens is 1. The molecule has 3 nitrogen and oxygen atoms in total. The van der Waals surface area contributed by atoms with Crippen LogP contribution in [0.3, 0.4) is 0 Å². The topological polar surface area (TPSA) is 29.0 Å². The molecule has 10 heavy (non-hydrogen) atoms. The van der Waals surface area contributed by atoms with Crippen LogP contribution in [-0.4, -0.2) is 15.2 Å². The molecule has 1 unspecified atom stereocenters. The van der Waals surface area contributed by atoms with Gasteiger partial charge in [-0.15, -0.1) is 0 Å². The zero-order valence-electron chi connectivity index (χ0n) is 5.74. The zero-order chi connectivity index (χ0) is 7.56. The van der Waals surface area contributed by atoms with E-state index in [2.05, 4.69) is 0 Å². The van der Waals surface area contributed by atoms with E-state index < -0.39 is 5.56 Å². The molecule has 0 bridgehead atoms. The Bertz CT molecular complexity index is 209. The smallest absolute Gasteiger partial charge is 0.243 e. The molecule has 1 rings (SSSR count). The van der Waals surface area contributed by atoms with Crippen LogP contribution in [-0.2, 0) is 13.6 Å². The average molecular weight is 162 g/mol. The summed E-state index contributed by atoms with van der Waals surface area (Å²) in [4.78, 5) is 0. The molecular formula is C6H10ClN2O+. The Hall–Kier alpha value is -0.540. The maximum Gasteiger partial charge on any atom is 0.243 e. The van der Waals surface area contributed by atoms with Crippen molar-refractivity contribution in [2.75, 3.05) is 0 Å². The summed E-state index contributed by atoms with van der Waals surface area (Å²) in [5, 5.41) is 8.75. The predicted octanol–water partition coefficient (Wildman–Crippen LogP) is -0.130. The molecule has 4 heteroatoms. The number of hydrogen-bond acceptors (Lipinski definition) is 1. The third-order valence-electron chi connectivity index (χ3n) is 1.19. The lowest BCUT2D eigenvalue weighted by atomic mass is 10.7. The number of aliphatic hydroxyl groups is 1. The third kappa shape index (κ3) is 2.01. The SMILES string of the molecule is C[n+]1ccn(CC(O)Cl)c1. The highest BCUT2D eigenvalue weighted by molar-refractivity contribution is 6.19. The molecule has 1 aromatic heterocycles. The Kier molecular flexibility index (Phi) is 2.29. The second kappa shape index (κ2) is 3.03. The molecule has 0 amide bonds. The van der Waals surface area contributed by atoms with E-state index in [1.165, 1.54) is 0 Å². The third-order valence-corrected chi connectivity index (χ3v) is 1.32. The summed E-state index contributed by atoms with van der Waals surface area (Å²) in [5.74, 6) is 0. The first kappa shape index (κ1) is 7.57. The normalized spacial score (nSPS) is 13.5. The monoisotopic (exact) mass is 161 g/mol. The number of rotatable bonds is 2. The highest BCUT2D eigenvalue weighted by atomic mass is 35.5. The van der Waals surface area contributed by atoms with Crippen molar-refractivity contribution in [1.82, 2.24) is 4.57 Å². The summed E-state index contributed by atoms with van der Waals surface area (Å²) in [6.45, 7) is 0.433. The summed E-state index contributed by atoms with van der Waals surface area (Å²) in [5.41, 5.74) is -0.799. The number of aryl methyl sites for hydroxylation is 1. The molecule has 1 atom stereocenters. The van der Waals surface area contributed by atoms with Crippen molar-refractivity contribution in [3.8, 4) is 0 Å². The van der Waals surface area contributed by atoms with Gasteiger partial charge in [0.1, 0.15) is 18.9 Å². The van der Waals surface area contributed by atoms with E-state index in [-0.39, 0.29) is 0 Å². The van der Waals surface area contributed by atoms with E-state index in [0.29, 0.717) is 6.54 Å². The lowest BCUT2D eigenvalue weighted by Crippen LogP contribution is -2.24. The average Bonchev–Trinajstić information content (AvgIpc) is 2.13. The first-order valence-electron chi connectivity index (χ1n) is 3.01. The molecule has 1 N–H and O–H groups in total. The molecule has 0 aliphatic carbocycles. The maximum atomic E-state index is 8.75. The summed E-state index contributed by atoms with van der Waals surface area (Å²) in [7, 11) is 1.91. The molecule has 0 aliphatic heterocycles. The summed E-state index contributed by atoms with van der Waals surface area (Å²) in [6.07, 6.45) is 5.59. The van der Waals surface area contributed by atoms with Gasteiger partial charge in [0.2, 0.25) is 6.33 Å². The quantitative estimate of drug-likeness (QED) is 0.475. The van der Waals surface area contributed by atoms with Crippen molar-refractivity contribution in [2.24, 2.45) is 7.05 Å². The number of alkyl halides is 1. The largest absolute Gasteiger partial charge is 0.374 e. The van der Waals surface area contributed by atoms with Gasteiger partial charge in [-0.05, 0) is 0 Å². The van der Waals surface area contributed by atoms with Crippen LogP contribution in [0.1, 0.15) is 0 Å². The second-order valence-corrected chi connectivity index (χ2v) is 2.71. The van der Waals surface area contributed by atoms with Gasteiger partial charge >= 0.3 is 0 Å². The predicted molar refractivity (Wildman–Crippen MR) is 37.5 cm³/mol. The minimum absolute atomic E-state index is 0.433. The van der Waals surface area contributed by atoms with E-state index in [1.54, 1.807) is 0 Å². The van der Waals surface area contributed by atoms with Crippen LogP contribution in [0.25, 0.3) is 0 Å². The first-order chi connectivity index (χ1) is 4.68. The van der Waals surface area contributed by atoms with Crippen LogP contribution in [0.4, 0.5) is 0 Å². The van der Waals surface area contributed by atoms with Crippen LogP contribution in [0.2, 0.25) is 0 Å². The van der Waals surface area contributed by atoms with Gasteiger partial charge in [0.25, 0.3) is 0 Å².